The van der Waals surface area contributed by atoms with Gasteiger partial charge in [-0.05, 0) is 12.1 Å². The quantitative estimate of drug-likeness (QED) is 0.758. The van der Waals surface area contributed by atoms with E-state index in [1.807, 2.05) is 53.4 Å². The third kappa shape index (κ3) is 2.05. The first kappa shape index (κ1) is 13.3. The van der Waals surface area contributed by atoms with Gasteiger partial charge >= 0.3 is 6.34 Å². The SMILES string of the molecule is CN1N=[C+]N2c3ccc(Cl)cc3C(c3ccccc3)=NCC12. The highest BCUT2D eigenvalue weighted by atomic mass is 35.5. The monoisotopic (exact) mass is 309 g/mol. The van der Waals surface area contributed by atoms with E-state index in [0.29, 0.717) is 11.6 Å². The standard InChI is InChI=1S/C17H14ClN4/c1-21-16-10-19-17(12-5-3-2-4-6-12)14-9-13(18)7-8-15(14)22(16)11-20-21/h2-9,16H,10H2,1H3/q+1. The predicted molar refractivity (Wildman–Crippen MR) is 89.9 cm³/mol. The Labute approximate surface area is 134 Å². The van der Waals surface area contributed by atoms with Crippen molar-refractivity contribution in [3.05, 3.63) is 64.7 Å². The van der Waals surface area contributed by atoms with Crippen molar-refractivity contribution in [2.24, 2.45) is 10.1 Å². The molecule has 0 spiro atoms. The van der Waals surface area contributed by atoms with Crippen LogP contribution in [0.3, 0.4) is 0 Å². The van der Waals surface area contributed by atoms with Crippen LogP contribution in [0.2, 0.25) is 5.02 Å². The van der Waals surface area contributed by atoms with Crippen molar-refractivity contribution in [3.63, 3.8) is 0 Å². The summed E-state index contributed by atoms with van der Waals surface area (Å²) in [6, 6.07) is 16.1. The average Bonchev–Trinajstić information content (AvgIpc) is 2.82. The van der Waals surface area contributed by atoms with Crippen molar-refractivity contribution in [1.82, 2.24) is 5.01 Å². The van der Waals surface area contributed by atoms with E-state index in [9.17, 15) is 0 Å². The molecule has 1 atom stereocenters. The van der Waals surface area contributed by atoms with E-state index in [1.165, 1.54) is 0 Å². The van der Waals surface area contributed by atoms with E-state index in [4.69, 9.17) is 16.6 Å². The van der Waals surface area contributed by atoms with E-state index in [1.54, 1.807) is 0 Å². The number of hydrogen-bond acceptors (Lipinski definition) is 4. The van der Waals surface area contributed by atoms with Gasteiger partial charge in [0.2, 0.25) is 0 Å². The summed E-state index contributed by atoms with van der Waals surface area (Å²) < 4.78 is 0. The minimum Gasteiger partial charge on any atom is -0.278 e. The normalized spacial score (nSPS) is 19.2. The van der Waals surface area contributed by atoms with Crippen molar-refractivity contribution in [2.75, 3.05) is 18.5 Å². The Bertz CT molecular complexity index is 769. The smallest absolute Gasteiger partial charge is 0.278 e. The molecule has 108 valence electrons. The zero-order valence-corrected chi connectivity index (χ0v) is 12.8. The first-order valence-electron chi connectivity index (χ1n) is 7.12. The molecule has 0 radical (unpaired) electrons. The van der Waals surface area contributed by atoms with Gasteiger partial charge in [0.1, 0.15) is 5.56 Å². The van der Waals surface area contributed by atoms with Gasteiger partial charge in [-0.15, -0.1) is 4.90 Å². The molecule has 0 saturated carbocycles. The minimum atomic E-state index is 0.0566. The van der Waals surface area contributed by atoms with Crippen molar-refractivity contribution in [1.29, 1.82) is 0 Å². The lowest BCUT2D eigenvalue weighted by Gasteiger charge is -2.17. The van der Waals surface area contributed by atoms with Crippen molar-refractivity contribution in [2.45, 2.75) is 6.17 Å². The highest BCUT2D eigenvalue weighted by molar-refractivity contribution is 6.31. The molecule has 0 N–H and O–H groups in total. The van der Waals surface area contributed by atoms with Gasteiger partial charge in [-0.1, -0.05) is 41.9 Å². The zero-order valence-electron chi connectivity index (χ0n) is 12.1. The molecule has 2 aliphatic heterocycles. The van der Waals surface area contributed by atoms with Gasteiger partial charge in [-0.2, -0.15) is 0 Å². The maximum absolute atomic E-state index is 6.23. The molecule has 22 heavy (non-hydrogen) atoms. The van der Waals surface area contributed by atoms with Crippen LogP contribution >= 0.6 is 11.6 Å². The van der Waals surface area contributed by atoms with E-state index in [2.05, 4.69) is 23.6 Å². The molecule has 0 amide bonds. The fourth-order valence-corrected chi connectivity index (χ4v) is 3.01. The van der Waals surface area contributed by atoms with Crippen molar-refractivity contribution < 1.29 is 0 Å². The lowest BCUT2D eigenvalue weighted by atomic mass is 10.0. The second kappa shape index (κ2) is 5.09. The van der Waals surface area contributed by atoms with Crippen LogP contribution in [0.1, 0.15) is 11.1 Å². The Kier molecular flexibility index (Phi) is 3.07. The predicted octanol–water partition coefficient (Wildman–Crippen LogP) is 3.09. The summed E-state index contributed by atoms with van der Waals surface area (Å²) in [4.78, 5) is 6.88. The molecule has 0 bridgehead atoms. The van der Waals surface area contributed by atoms with Crippen LogP contribution in [0.5, 0.6) is 0 Å². The molecule has 2 aromatic carbocycles. The van der Waals surface area contributed by atoms with E-state index in [-0.39, 0.29) is 6.17 Å². The molecule has 0 fully saturated rings. The largest absolute Gasteiger partial charge is 0.343 e. The molecule has 0 saturated heterocycles. The van der Waals surface area contributed by atoms with Gasteiger partial charge in [0.05, 0.1) is 12.3 Å². The number of anilines is 1. The molecule has 4 nitrogen and oxygen atoms in total. The number of nitrogens with zero attached hydrogens (tertiary/aromatic N) is 4. The lowest BCUT2D eigenvalue weighted by Crippen LogP contribution is -2.39. The Morgan fingerprint density at radius 3 is 2.82 bits per heavy atom. The molecule has 5 heteroatoms. The van der Waals surface area contributed by atoms with Gasteiger partial charge in [0, 0.05) is 28.8 Å². The van der Waals surface area contributed by atoms with Crippen LogP contribution in [-0.2, 0) is 0 Å². The van der Waals surface area contributed by atoms with Gasteiger partial charge < -0.3 is 0 Å². The molecule has 0 aromatic heterocycles. The van der Waals surface area contributed by atoms with Crippen molar-refractivity contribution >= 4 is 29.3 Å². The number of hydrogen-bond donors (Lipinski definition) is 0. The van der Waals surface area contributed by atoms with Crippen LogP contribution in [0.25, 0.3) is 0 Å². The first-order chi connectivity index (χ1) is 10.7. The molecule has 1 unspecified atom stereocenters. The fraction of sp³-hybridized carbons (Fsp3) is 0.176. The Balaban J connectivity index is 1.92. The fourth-order valence-electron chi connectivity index (χ4n) is 2.84. The molecular weight excluding hydrogens is 296 g/mol. The number of hydrazone groups is 1. The summed E-state index contributed by atoms with van der Waals surface area (Å²) in [5.41, 5.74) is 4.09. The minimum absolute atomic E-state index is 0.0566. The van der Waals surface area contributed by atoms with E-state index >= 15 is 0 Å². The second-order valence-corrected chi connectivity index (χ2v) is 5.78. The van der Waals surface area contributed by atoms with Gasteiger partial charge in [-0.3, -0.25) is 4.99 Å². The molecular formula is C17H14ClN4+. The third-order valence-corrected chi connectivity index (χ3v) is 4.21. The topological polar surface area (TPSA) is 31.2 Å². The second-order valence-electron chi connectivity index (χ2n) is 5.34. The molecule has 4 rings (SSSR count). The number of likely N-dealkylation sites (N-methyl/N-ethyl adjacent to an activating group) is 1. The Morgan fingerprint density at radius 1 is 1.18 bits per heavy atom. The van der Waals surface area contributed by atoms with Crippen LogP contribution in [-0.4, -0.2) is 36.8 Å². The number of aliphatic imine (C=N–C) groups is 1. The van der Waals surface area contributed by atoms with Gasteiger partial charge in [-0.25, -0.2) is 5.01 Å². The highest BCUT2D eigenvalue weighted by Crippen LogP contribution is 2.32. The summed E-state index contributed by atoms with van der Waals surface area (Å²) in [6.45, 7) is 0.628. The zero-order chi connectivity index (χ0) is 15.1. The maximum Gasteiger partial charge on any atom is 0.343 e. The van der Waals surface area contributed by atoms with Crippen LogP contribution in [0.15, 0.2) is 58.6 Å². The summed E-state index contributed by atoms with van der Waals surface area (Å²) in [5.74, 6) is 0. The molecule has 2 heterocycles. The maximum atomic E-state index is 6.23. The molecule has 0 aliphatic carbocycles. The summed E-state index contributed by atoms with van der Waals surface area (Å²) in [7, 11) is 1.94. The average molecular weight is 310 g/mol. The van der Waals surface area contributed by atoms with Crippen molar-refractivity contribution in [3.8, 4) is 0 Å². The van der Waals surface area contributed by atoms with Gasteiger partial charge in [0.25, 0.3) is 0 Å². The summed E-state index contributed by atoms with van der Waals surface area (Å²) in [5, 5.41) is 6.83. The summed E-state index contributed by atoms with van der Waals surface area (Å²) >= 11 is 6.23. The lowest BCUT2D eigenvalue weighted by molar-refractivity contribution is 0.292. The number of halogens is 1. The Hall–Kier alpha value is -2.42. The van der Waals surface area contributed by atoms with E-state index < -0.39 is 0 Å². The van der Waals surface area contributed by atoms with Gasteiger partial charge in [0.15, 0.2) is 11.9 Å². The first-order valence-corrected chi connectivity index (χ1v) is 7.50. The Morgan fingerprint density at radius 2 is 2.00 bits per heavy atom. The van der Waals surface area contributed by atoms with Crippen LogP contribution < -0.4 is 4.90 Å². The number of benzene rings is 2. The van der Waals surface area contributed by atoms with Crippen LogP contribution in [0.4, 0.5) is 5.69 Å². The number of fused-ring (bicyclic) bond motifs is 3. The van der Waals surface area contributed by atoms with Crippen LogP contribution in [0, 0.1) is 0 Å². The third-order valence-electron chi connectivity index (χ3n) is 3.97. The molecule has 2 aromatic rings. The molecule has 2 aliphatic rings. The van der Waals surface area contributed by atoms with E-state index in [0.717, 1.165) is 22.5 Å². The summed E-state index contributed by atoms with van der Waals surface area (Å²) in [6.07, 6.45) is 3.12. The number of rotatable bonds is 1. The highest BCUT2D eigenvalue weighted by Gasteiger charge is 2.41.